The molecule has 1 atom stereocenters. The number of rotatable bonds is 5. The summed E-state index contributed by atoms with van der Waals surface area (Å²) in [6, 6.07) is 3.96. The molecule has 0 heterocycles. The van der Waals surface area contributed by atoms with E-state index in [1.54, 1.807) is 19.9 Å². The van der Waals surface area contributed by atoms with Crippen LogP contribution in [0.25, 0.3) is 0 Å². The van der Waals surface area contributed by atoms with Crippen molar-refractivity contribution in [1.82, 2.24) is 4.90 Å². The molecule has 0 unspecified atom stereocenters. The lowest BCUT2D eigenvalue weighted by Crippen LogP contribution is -2.44. The monoisotopic (exact) mass is 313 g/mol. The fourth-order valence-electron chi connectivity index (χ4n) is 2.54. The van der Waals surface area contributed by atoms with Crippen molar-refractivity contribution >= 4 is 15.7 Å². The van der Waals surface area contributed by atoms with Crippen LogP contribution < -0.4 is 0 Å². The Labute approximate surface area is 124 Å². The first-order valence-electron chi connectivity index (χ1n) is 6.95. The molecule has 6 heteroatoms. The Hall–Kier alpha value is -1.43. The van der Waals surface area contributed by atoms with E-state index >= 15 is 0 Å². The van der Waals surface area contributed by atoms with Gasteiger partial charge in [-0.1, -0.05) is 11.6 Å². The predicted molar refractivity (Wildman–Crippen MR) is 79.5 cm³/mol. The molecule has 1 aliphatic carbocycles. The number of carbonyl (C=O) groups is 1. The van der Waals surface area contributed by atoms with Gasteiger partial charge in [0.15, 0.2) is 0 Å². The van der Waals surface area contributed by atoms with Gasteiger partial charge in [-0.2, -0.15) is 0 Å². The van der Waals surface area contributed by atoms with Crippen molar-refractivity contribution < 1.29 is 17.6 Å². The minimum absolute atomic E-state index is 0.0160. The third kappa shape index (κ3) is 4.03. The SMILES string of the molecule is Cc1ccc(F)c(C(=O)N(C2CC2)[C@@H](C)CS(C)(=O)=O)c1. The van der Waals surface area contributed by atoms with Crippen LogP contribution in [-0.4, -0.2) is 43.3 Å². The highest BCUT2D eigenvalue weighted by molar-refractivity contribution is 7.90. The average Bonchev–Trinajstić information content (AvgIpc) is 3.14. The number of benzene rings is 1. The van der Waals surface area contributed by atoms with Gasteiger partial charge >= 0.3 is 0 Å². The highest BCUT2D eigenvalue weighted by Crippen LogP contribution is 2.31. The number of hydrogen-bond acceptors (Lipinski definition) is 3. The number of hydrogen-bond donors (Lipinski definition) is 0. The molecule has 0 spiro atoms. The number of halogens is 1. The summed E-state index contributed by atoms with van der Waals surface area (Å²) in [5, 5.41) is 0. The van der Waals surface area contributed by atoms with Crippen molar-refractivity contribution in [3.8, 4) is 0 Å². The van der Waals surface area contributed by atoms with Crippen LogP contribution >= 0.6 is 0 Å². The van der Waals surface area contributed by atoms with Gasteiger partial charge in [0, 0.05) is 18.3 Å². The maximum Gasteiger partial charge on any atom is 0.257 e. The molecule has 1 aromatic carbocycles. The zero-order valence-corrected chi connectivity index (χ0v) is 13.3. The molecule has 116 valence electrons. The van der Waals surface area contributed by atoms with Crippen LogP contribution in [0, 0.1) is 12.7 Å². The third-order valence-corrected chi connectivity index (χ3v) is 4.63. The van der Waals surface area contributed by atoms with Crippen LogP contribution in [0.2, 0.25) is 0 Å². The van der Waals surface area contributed by atoms with E-state index in [0.717, 1.165) is 24.7 Å². The Morgan fingerprint density at radius 3 is 2.57 bits per heavy atom. The van der Waals surface area contributed by atoms with Gasteiger partial charge in [-0.3, -0.25) is 4.79 Å². The van der Waals surface area contributed by atoms with Crippen LogP contribution in [0.3, 0.4) is 0 Å². The lowest BCUT2D eigenvalue weighted by Gasteiger charge is -2.29. The molecule has 0 bridgehead atoms. The summed E-state index contributed by atoms with van der Waals surface area (Å²) in [4.78, 5) is 14.1. The molecule has 0 N–H and O–H groups in total. The van der Waals surface area contributed by atoms with Crippen LogP contribution in [-0.2, 0) is 9.84 Å². The summed E-state index contributed by atoms with van der Waals surface area (Å²) in [5.41, 5.74) is 0.813. The molecule has 0 aromatic heterocycles. The van der Waals surface area contributed by atoms with Gasteiger partial charge in [0.25, 0.3) is 5.91 Å². The van der Waals surface area contributed by atoms with E-state index in [-0.39, 0.29) is 17.4 Å². The number of amides is 1. The second-order valence-electron chi connectivity index (χ2n) is 5.87. The maximum atomic E-state index is 13.9. The molecule has 0 aliphatic heterocycles. The Balaban J connectivity index is 2.30. The predicted octanol–water partition coefficient (Wildman–Crippen LogP) is 2.17. The van der Waals surface area contributed by atoms with E-state index in [9.17, 15) is 17.6 Å². The molecular weight excluding hydrogens is 293 g/mol. The number of nitrogens with zero attached hydrogens (tertiary/aromatic N) is 1. The Kier molecular flexibility index (Phi) is 4.37. The second-order valence-corrected chi connectivity index (χ2v) is 8.05. The van der Waals surface area contributed by atoms with Crippen molar-refractivity contribution in [3.63, 3.8) is 0 Å². The molecule has 21 heavy (non-hydrogen) atoms. The van der Waals surface area contributed by atoms with Crippen molar-refractivity contribution in [1.29, 1.82) is 0 Å². The number of carbonyl (C=O) groups excluding carboxylic acids is 1. The van der Waals surface area contributed by atoms with Gasteiger partial charge in [-0.05, 0) is 38.8 Å². The Morgan fingerprint density at radius 2 is 2.05 bits per heavy atom. The molecule has 1 amide bonds. The van der Waals surface area contributed by atoms with Crippen LogP contribution in [0.1, 0.15) is 35.7 Å². The summed E-state index contributed by atoms with van der Waals surface area (Å²) in [7, 11) is -3.20. The fourth-order valence-corrected chi connectivity index (χ4v) is 3.58. The van der Waals surface area contributed by atoms with Gasteiger partial charge in [-0.15, -0.1) is 0 Å². The van der Waals surface area contributed by atoms with Crippen LogP contribution in [0.4, 0.5) is 4.39 Å². The van der Waals surface area contributed by atoms with E-state index in [2.05, 4.69) is 0 Å². The maximum absolute atomic E-state index is 13.9. The largest absolute Gasteiger partial charge is 0.332 e. The van der Waals surface area contributed by atoms with Crippen molar-refractivity contribution in [2.75, 3.05) is 12.0 Å². The molecule has 1 aliphatic rings. The summed E-state index contributed by atoms with van der Waals surface area (Å²) in [6.07, 6.45) is 2.83. The minimum atomic E-state index is -3.20. The zero-order valence-electron chi connectivity index (χ0n) is 12.5. The Bertz CT molecular complexity index is 653. The molecule has 0 saturated heterocycles. The lowest BCUT2D eigenvalue weighted by molar-refractivity contribution is 0.0688. The van der Waals surface area contributed by atoms with Crippen LogP contribution in [0.5, 0.6) is 0 Å². The average molecular weight is 313 g/mol. The zero-order chi connectivity index (χ0) is 15.8. The standard InChI is InChI=1S/C15H20FNO3S/c1-10-4-7-14(16)13(8-10)15(18)17(12-5-6-12)11(2)9-21(3,19)20/h4,7-8,11-12H,5-6,9H2,1-3H3/t11-/m0/s1. The van der Waals surface area contributed by atoms with Gasteiger partial charge in [0.1, 0.15) is 15.7 Å². The third-order valence-electron chi connectivity index (χ3n) is 3.55. The smallest absolute Gasteiger partial charge is 0.257 e. The quantitative estimate of drug-likeness (QED) is 0.837. The molecule has 1 fully saturated rings. The summed E-state index contributed by atoms with van der Waals surface area (Å²) in [6.45, 7) is 3.49. The number of sulfone groups is 1. The minimum Gasteiger partial charge on any atom is -0.332 e. The van der Waals surface area contributed by atoms with Crippen molar-refractivity contribution in [3.05, 3.63) is 35.1 Å². The van der Waals surface area contributed by atoms with Gasteiger partial charge in [0.2, 0.25) is 0 Å². The van der Waals surface area contributed by atoms with E-state index in [1.807, 2.05) is 0 Å². The molecule has 0 radical (unpaired) electrons. The first kappa shape index (κ1) is 15.9. The van der Waals surface area contributed by atoms with E-state index in [4.69, 9.17) is 0 Å². The topological polar surface area (TPSA) is 54.5 Å². The number of aryl methyl sites for hydroxylation is 1. The lowest BCUT2D eigenvalue weighted by atomic mass is 10.1. The summed E-state index contributed by atoms with van der Waals surface area (Å²) in [5.74, 6) is -1.10. The molecular formula is C15H20FNO3S. The molecule has 2 rings (SSSR count). The highest BCUT2D eigenvalue weighted by atomic mass is 32.2. The fraction of sp³-hybridized carbons (Fsp3) is 0.533. The van der Waals surface area contributed by atoms with E-state index in [1.165, 1.54) is 17.0 Å². The van der Waals surface area contributed by atoms with Gasteiger partial charge in [0.05, 0.1) is 11.3 Å². The van der Waals surface area contributed by atoms with E-state index < -0.39 is 27.6 Å². The normalized spacial score (nSPS) is 16.6. The van der Waals surface area contributed by atoms with Gasteiger partial charge < -0.3 is 4.90 Å². The van der Waals surface area contributed by atoms with Crippen molar-refractivity contribution in [2.45, 2.75) is 38.8 Å². The van der Waals surface area contributed by atoms with Crippen molar-refractivity contribution in [2.24, 2.45) is 0 Å². The molecule has 1 saturated carbocycles. The first-order valence-corrected chi connectivity index (χ1v) is 9.01. The second kappa shape index (κ2) is 5.75. The van der Waals surface area contributed by atoms with Gasteiger partial charge in [-0.25, -0.2) is 12.8 Å². The molecule has 1 aromatic rings. The first-order chi connectivity index (χ1) is 9.69. The Morgan fingerprint density at radius 1 is 1.43 bits per heavy atom. The summed E-state index contributed by atoms with van der Waals surface area (Å²) >= 11 is 0. The highest BCUT2D eigenvalue weighted by Gasteiger charge is 2.37. The van der Waals surface area contributed by atoms with Crippen LogP contribution in [0.15, 0.2) is 18.2 Å². The van der Waals surface area contributed by atoms with E-state index in [0.29, 0.717) is 0 Å². The molecule has 4 nitrogen and oxygen atoms in total. The summed E-state index contributed by atoms with van der Waals surface area (Å²) < 4.78 is 36.8.